The molecule has 0 unspecified atom stereocenters. The molecular formula is C30H34N4O4. The first-order valence-corrected chi connectivity index (χ1v) is 14.0. The van der Waals surface area contributed by atoms with Crippen molar-refractivity contribution in [3.05, 3.63) is 59.2 Å². The molecule has 2 saturated carbocycles. The van der Waals surface area contributed by atoms with E-state index >= 15 is 0 Å². The third kappa shape index (κ3) is 2.70. The molecule has 2 aliphatic heterocycles. The van der Waals surface area contributed by atoms with Gasteiger partial charge >= 0.3 is 0 Å². The van der Waals surface area contributed by atoms with E-state index in [4.69, 9.17) is 14.2 Å². The summed E-state index contributed by atoms with van der Waals surface area (Å²) < 4.78 is 19.2. The van der Waals surface area contributed by atoms with Crippen LogP contribution in [0.5, 0.6) is 11.5 Å². The number of hydrogen-bond donors (Lipinski definition) is 1. The van der Waals surface area contributed by atoms with Crippen molar-refractivity contribution in [3.8, 4) is 11.5 Å². The van der Waals surface area contributed by atoms with Crippen molar-refractivity contribution in [1.82, 2.24) is 20.2 Å². The Morgan fingerprint density at radius 2 is 2.11 bits per heavy atom. The van der Waals surface area contributed by atoms with Crippen molar-refractivity contribution < 1.29 is 19.0 Å². The monoisotopic (exact) mass is 514 g/mol. The molecule has 0 radical (unpaired) electrons. The second-order valence-corrected chi connectivity index (χ2v) is 12.1. The molecule has 1 saturated heterocycles. The molecule has 2 spiro atoms. The summed E-state index contributed by atoms with van der Waals surface area (Å²) in [5, 5.41) is 3.14. The number of ether oxygens (including phenoxy) is 3. The molecule has 8 nitrogen and oxygen atoms in total. The Balaban J connectivity index is 1.29. The average molecular weight is 515 g/mol. The smallest absolute Gasteiger partial charge is 0.250 e. The fraction of sp³-hybridized carbons (Fsp3) is 0.567. The summed E-state index contributed by atoms with van der Waals surface area (Å²) >= 11 is 0. The SMILES string of the molecule is COc1ccc2c3c1O[C@@H]1[C@]34CCN(CC3CC3)[C@H](C2)[C@@]42C=C(C(=O)NCc3ccncn3)[C@]1(OC)CC2. The lowest BCUT2D eigenvalue weighted by atomic mass is 9.37. The lowest BCUT2D eigenvalue weighted by molar-refractivity contribution is -0.196. The van der Waals surface area contributed by atoms with E-state index < -0.39 is 5.60 Å². The zero-order valence-corrected chi connectivity index (χ0v) is 22.0. The number of fused-ring (bicyclic) bond motifs is 1. The van der Waals surface area contributed by atoms with Crippen LogP contribution in [0.2, 0.25) is 0 Å². The number of carbonyl (C=O) groups is 1. The van der Waals surface area contributed by atoms with Gasteiger partial charge in [0, 0.05) is 42.4 Å². The van der Waals surface area contributed by atoms with Crippen molar-refractivity contribution in [2.24, 2.45) is 11.3 Å². The zero-order valence-electron chi connectivity index (χ0n) is 22.0. The summed E-state index contributed by atoms with van der Waals surface area (Å²) in [6.07, 6.45) is 11.7. The highest BCUT2D eigenvalue weighted by Crippen LogP contribution is 2.74. The lowest BCUT2D eigenvalue weighted by Gasteiger charge is -2.70. The Morgan fingerprint density at radius 3 is 2.87 bits per heavy atom. The minimum atomic E-state index is -0.820. The standard InChI is InChI=1S/C30H34N4O4/c1-36-22-6-5-19-13-23-28-8-9-30(37-2,21(14-28)26(35)32-15-20-7-11-31-17-33-20)27-29(28,24(19)25(22)38-27)10-12-34(23)16-18-3-4-18/h5-7,11,14,17-18,23,27H,3-4,8-10,12-13,15-16H2,1-2H3,(H,32,35)/t23-,27-,28-,29+,30-/m1/s1. The molecule has 1 amide bonds. The molecule has 1 aromatic carbocycles. The van der Waals surface area contributed by atoms with Gasteiger partial charge in [-0.1, -0.05) is 12.1 Å². The van der Waals surface area contributed by atoms with E-state index in [0.29, 0.717) is 12.6 Å². The molecule has 2 aromatic rings. The maximum atomic E-state index is 14.0. The topological polar surface area (TPSA) is 85.8 Å². The van der Waals surface area contributed by atoms with Gasteiger partial charge < -0.3 is 19.5 Å². The molecule has 8 heteroatoms. The molecule has 4 bridgehead atoms. The summed E-state index contributed by atoms with van der Waals surface area (Å²) in [6.45, 7) is 2.56. The van der Waals surface area contributed by atoms with Crippen LogP contribution in [0, 0.1) is 11.3 Å². The Hall–Kier alpha value is -2.97. The third-order valence-corrected chi connectivity index (χ3v) is 10.7. The van der Waals surface area contributed by atoms with Crippen LogP contribution in [0.15, 0.2) is 42.4 Å². The molecule has 38 heavy (non-hydrogen) atoms. The van der Waals surface area contributed by atoms with Gasteiger partial charge in [-0.15, -0.1) is 0 Å². The summed E-state index contributed by atoms with van der Waals surface area (Å²) in [6, 6.07) is 6.49. The van der Waals surface area contributed by atoms with Gasteiger partial charge in [0.25, 0.3) is 0 Å². The number of piperidine rings is 1. The van der Waals surface area contributed by atoms with Crippen molar-refractivity contribution in [1.29, 1.82) is 0 Å². The van der Waals surface area contributed by atoms with Crippen LogP contribution in [0.4, 0.5) is 0 Å². The number of nitrogens with zero attached hydrogens (tertiary/aromatic N) is 3. The minimum Gasteiger partial charge on any atom is -0.493 e. The van der Waals surface area contributed by atoms with E-state index in [-0.39, 0.29) is 22.8 Å². The van der Waals surface area contributed by atoms with E-state index in [1.807, 2.05) is 6.07 Å². The van der Waals surface area contributed by atoms with Crippen LogP contribution in [0.3, 0.4) is 0 Å². The highest BCUT2D eigenvalue weighted by atomic mass is 16.6. The fourth-order valence-electron chi connectivity index (χ4n) is 8.95. The number of hydrogen-bond acceptors (Lipinski definition) is 7. The molecule has 3 heterocycles. The van der Waals surface area contributed by atoms with Crippen LogP contribution >= 0.6 is 0 Å². The second kappa shape index (κ2) is 7.79. The van der Waals surface area contributed by atoms with Gasteiger partial charge in [-0.2, -0.15) is 0 Å². The van der Waals surface area contributed by atoms with Crippen LogP contribution in [-0.2, 0) is 27.9 Å². The van der Waals surface area contributed by atoms with Gasteiger partial charge in [-0.05, 0) is 68.7 Å². The summed E-state index contributed by atoms with van der Waals surface area (Å²) in [4.78, 5) is 25.0. The van der Waals surface area contributed by atoms with Crippen molar-refractivity contribution in [2.75, 3.05) is 27.3 Å². The van der Waals surface area contributed by atoms with Crippen molar-refractivity contribution >= 4 is 5.91 Å². The highest BCUT2D eigenvalue weighted by Gasteiger charge is 2.79. The quantitative estimate of drug-likeness (QED) is 0.608. The van der Waals surface area contributed by atoms with Gasteiger partial charge in [0.2, 0.25) is 5.91 Å². The van der Waals surface area contributed by atoms with Crippen LogP contribution in [0.1, 0.15) is 48.9 Å². The van der Waals surface area contributed by atoms with Gasteiger partial charge in [-0.25, -0.2) is 9.97 Å². The number of carbonyl (C=O) groups excluding carboxylic acids is 1. The minimum absolute atomic E-state index is 0.0940. The van der Waals surface area contributed by atoms with E-state index in [9.17, 15) is 4.79 Å². The predicted molar refractivity (Wildman–Crippen MR) is 139 cm³/mol. The highest BCUT2D eigenvalue weighted by molar-refractivity contribution is 5.97. The second-order valence-electron chi connectivity index (χ2n) is 12.1. The number of amides is 1. The average Bonchev–Trinajstić information content (AvgIpc) is 3.70. The molecule has 1 aromatic heterocycles. The third-order valence-electron chi connectivity index (χ3n) is 10.7. The first kappa shape index (κ1) is 23.0. The van der Waals surface area contributed by atoms with E-state index in [1.54, 1.807) is 20.4 Å². The Kier molecular flexibility index (Phi) is 4.71. The van der Waals surface area contributed by atoms with E-state index in [2.05, 4.69) is 38.4 Å². The van der Waals surface area contributed by atoms with Crippen molar-refractivity contribution in [2.45, 2.75) is 68.2 Å². The number of nitrogens with one attached hydrogen (secondary N) is 1. The van der Waals surface area contributed by atoms with Gasteiger partial charge in [-0.3, -0.25) is 9.69 Å². The Morgan fingerprint density at radius 1 is 1.21 bits per heavy atom. The molecule has 1 N–H and O–H groups in total. The van der Waals surface area contributed by atoms with Gasteiger partial charge in [0.15, 0.2) is 11.5 Å². The molecule has 5 aliphatic carbocycles. The zero-order chi connectivity index (χ0) is 25.7. The first-order chi connectivity index (χ1) is 18.6. The Labute approximate surface area is 222 Å². The summed E-state index contributed by atoms with van der Waals surface area (Å²) in [5.41, 5.74) is 2.97. The summed E-state index contributed by atoms with van der Waals surface area (Å²) in [5.74, 6) is 2.37. The van der Waals surface area contributed by atoms with Gasteiger partial charge in [0.1, 0.15) is 18.0 Å². The molecule has 198 valence electrons. The predicted octanol–water partition coefficient (Wildman–Crippen LogP) is 2.95. The number of rotatable bonds is 7. The van der Waals surface area contributed by atoms with Crippen LogP contribution in [-0.4, -0.2) is 65.8 Å². The number of aromatic nitrogens is 2. The fourth-order valence-corrected chi connectivity index (χ4v) is 8.95. The van der Waals surface area contributed by atoms with Crippen molar-refractivity contribution in [3.63, 3.8) is 0 Å². The maximum Gasteiger partial charge on any atom is 0.250 e. The normalized spacial score (nSPS) is 35.8. The number of likely N-dealkylation sites (tertiary alicyclic amines) is 1. The Bertz CT molecular complexity index is 1360. The van der Waals surface area contributed by atoms with Gasteiger partial charge in [0.05, 0.1) is 24.8 Å². The number of benzene rings is 1. The van der Waals surface area contributed by atoms with Crippen LogP contribution < -0.4 is 14.8 Å². The lowest BCUT2D eigenvalue weighted by Crippen LogP contribution is -2.78. The van der Waals surface area contributed by atoms with Crippen LogP contribution in [0.25, 0.3) is 0 Å². The van der Waals surface area contributed by atoms with E-state index in [1.165, 1.54) is 30.3 Å². The molecular weight excluding hydrogens is 480 g/mol. The molecule has 9 rings (SSSR count). The number of methoxy groups -OCH3 is 2. The molecule has 7 aliphatic rings. The largest absolute Gasteiger partial charge is 0.493 e. The molecule has 5 atom stereocenters. The maximum absolute atomic E-state index is 14.0. The first-order valence-electron chi connectivity index (χ1n) is 14.0. The molecule has 3 fully saturated rings. The van der Waals surface area contributed by atoms with E-state index in [0.717, 1.165) is 67.5 Å². The summed E-state index contributed by atoms with van der Waals surface area (Å²) in [7, 11) is 3.46.